The maximum Gasteiger partial charge on any atom is 0.325 e. The number of amides is 3. The fourth-order valence-electron chi connectivity index (χ4n) is 3.20. The molecule has 0 aromatic heterocycles. The van der Waals surface area contributed by atoms with E-state index in [0.717, 1.165) is 30.8 Å². The Labute approximate surface area is 142 Å². The maximum atomic E-state index is 12.2. The number of nitrogens with two attached hydrogens (primary N) is 1. The minimum Gasteiger partial charge on any atom is -0.398 e. The Balaban J connectivity index is 0.00000192. The first-order valence-corrected chi connectivity index (χ1v) is 7.66. The molecule has 0 bridgehead atoms. The molecule has 6 nitrogen and oxygen atoms in total. The van der Waals surface area contributed by atoms with Crippen LogP contribution in [-0.2, 0) is 11.2 Å². The van der Waals surface area contributed by atoms with Crippen molar-refractivity contribution < 1.29 is 9.59 Å². The van der Waals surface area contributed by atoms with Gasteiger partial charge in [-0.1, -0.05) is 6.07 Å². The van der Waals surface area contributed by atoms with Crippen LogP contribution in [0.15, 0.2) is 18.2 Å². The number of anilines is 2. The minimum atomic E-state index is -0.804. The molecule has 23 heavy (non-hydrogen) atoms. The SMILES string of the molecule is CC1(C)NC(=O)N(CCN2CCCc3c(N)cccc32)C1=O.Cl. The van der Waals surface area contributed by atoms with Crippen LogP contribution in [0.5, 0.6) is 0 Å². The molecule has 3 N–H and O–H groups in total. The zero-order valence-electron chi connectivity index (χ0n) is 13.5. The van der Waals surface area contributed by atoms with Gasteiger partial charge in [-0.2, -0.15) is 0 Å². The number of benzene rings is 1. The van der Waals surface area contributed by atoms with Gasteiger partial charge >= 0.3 is 6.03 Å². The summed E-state index contributed by atoms with van der Waals surface area (Å²) >= 11 is 0. The van der Waals surface area contributed by atoms with Crippen molar-refractivity contribution in [3.05, 3.63) is 23.8 Å². The van der Waals surface area contributed by atoms with Gasteiger partial charge in [-0.15, -0.1) is 12.4 Å². The largest absolute Gasteiger partial charge is 0.398 e. The normalized spacial score (nSPS) is 19.2. The van der Waals surface area contributed by atoms with Gasteiger partial charge in [0.25, 0.3) is 5.91 Å². The van der Waals surface area contributed by atoms with Crippen molar-refractivity contribution in [2.45, 2.75) is 32.2 Å². The Hall–Kier alpha value is -1.95. The molecule has 1 fully saturated rings. The molecule has 0 atom stereocenters. The molecule has 1 aromatic rings. The number of nitrogens with one attached hydrogen (secondary N) is 1. The van der Waals surface area contributed by atoms with E-state index in [0.29, 0.717) is 13.1 Å². The van der Waals surface area contributed by atoms with Crippen molar-refractivity contribution in [3.63, 3.8) is 0 Å². The fourth-order valence-corrected chi connectivity index (χ4v) is 3.20. The minimum absolute atomic E-state index is 0. The van der Waals surface area contributed by atoms with Crippen LogP contribution in [0.3, 0.4) is 0 Å². The fraction of sp³-hybridized carbons (Fsp3) is 0.500. The van der Waals surface area contributed by atoms with E-state index in [4.69, 9.17) is 5.73 Å². The average Bonchev–Trinajstić information content (AvgIpc) is 2.66. The summed E-state index contributed by atoms with van der Waals surface area (Å²) in [5.41, 5.74) is 8.36. The van der Waals surface area contributed by atoms with Crippen LogP contribution in [0, 0.1) is 0 Å². The lowest BCUT2D eigenvalue weighted by Gasteiger charge is -2.33. The number of rotatable bonds is 3. The van der Waals surface area contributed by atoms with Gasteiger partial charge < -0.3 is 16.0 Å². The number of nitrogen functional groups attached to an aromatic ring is 1. The van der Waals surface area contributed by atoms with Crippen molar-refractivity contribution in [1.82, 2.24) is 10.2 Å². The Kier molecular flexibility index (Phi) is 4.75. The van der Waals surface area contributed by atoms with E-state index in [2.05, 4.69) is 16.3 Å². The van der Waals surface area contributed by atoms with E-state index in [1.54, 1.807) is 13.8 Å². The van der Waals surface area contributed by atoms with Crippen molar-refractivity contribution in [2.24, 2.45) is 0 Å². The second kappa shape index (κ2) is 6.28. The van der Waals surface area contributed by atoms with Crippen LogP contribution in [-0.4, -0.2) is 42.0 Å². The standard InChI is InChI=1S/C16H22N4O2.ClH/c1-16(2)14(21)20(15(22)18-16)10-9-19-8-4-5-11-12(17)6-3-7-13(11)19;/h3,6-7H,4-5,8-10,17H2,1-2H3,(H,18,22);1H. The monoisotopic (exact) mass is 338 g/mol. The van der Waals surface area contributed by atoms with Gasteiger partial charge in [0.15, 0.2) is 0 Å². The zero-order chi connectivity index (χ0) is 15.9. The molecule has 2 heterocycles. The van der Waals surface area contributed by atoms with Crippen LogP contribution in [0.1, 0.15) is 25.8 Å². The third-order valence-corrected chi connectivity index (χ3v) is 4.42. The van der Waals surface area contributed by atoms with Crippen molar-refractivity contribution in [2.75, 3.05) is 30.3 Å². The molecular formula is C16H23ClN4O2. The summed E-state index contributed by atoms with van der Waals surface area (Å²) < 4.78 is 0. The molecule has 0 radical (unpaired) electrons. The number of urea groups is 1. The third-order valence-electron chi connectivity index (χ3n) is 4.42. The van der Waals surface area contributed by atoms with Gasteiger partial charge in [0, 0.05) is 31.0 Å². The predicted molar refractivity (Wildman–Crippen MR) is 93.0 cm³/mol. The number of carbonyl (C=O) groups excluding carboxylic acids is 2. The Morgan fingerprint density at radius 2 is 2.00 bits per heavy atom. The molecule has 3 amide bonds. The molecule has 2 aliphatic rings. The second-order valence-electron chi connectivity index (χ2n) is 6.45. The van der Waals surface area contributed by atoms with Crippen LogP contribution in [0.2, 0.25) is 0 Å². The van der Waals surface area contributed by atoms with Gasteiger partial charge in [0.1, 0.15) is 5.54 Å². The molecule has 1 aromatic carbocycles. The topological polar surface area (TPSA) is 78.7 Å². The van der Waals surface area contributed by atoms with Crippen LogP contribution < -0.4 is 16.0 Å². The first-order chi connectivity index (χ1) is 10.4. The smallest absolute Gasteiger partial charge is 0.325 e. The predicted octanol–water partition coefficient (Wildman–Crippen LogP) is 1.77. The summed E-state index contributed by atoms with van der Waals surface area (Å²) in [6.07, 6.45) is 2.02. The molecule has 126 valence electrons. The van der Waals surface area contributed by atoms with Crippen LogP contribution in [0.4, 0.5) is 16.2 Å². The highest BCUT2D eigenvalue weighted by molar-refractivity contribution is 6.06. The van der Waals surface area contributed by atoms with Gasteiger partial charge in [-0.05, 0) is 44.4 Å². The third kappa shape index (κ3) is 3.08. The Bertz CT molecular complexity index is 633. The Morgan fingerprint density at radius 3 is 2.65 bits per heavy atom. The van der Waals surface area contributed by atoms with Crippen LogP contribution in [0.25, 0.3) is 0 Å². The van der Waals surface area contributed by atoms with E-state index in [9.17, 15) is 9.59 Å². The number of hydrogen-bond donors (Lipinski definition) is 2. The zero-order valence-corrected chi connectivity index (χ0v) is 14.3. The molecular weight excluding hydrogens is 316 g/mol. The summed E-state index contributed by atoms with van der Waals surface area (Å²) in [5, 5.41) is 2.71. The maximum absolute atomic E-state index is 12.2. The number of fused-ring (bicyclic) bond motifs is 1. The second-order valence-corrected chi connectivity index (χ2v) is 6.45. The lowest BCUT2D eigenvalue weighted by Crippen LogP contribution is -2.42. The average molecular weight is 339 g/mol. The Morgan fingerprint density at radius 1 is 1.26 bits per heavy atom. The van der Waals surface area contributed by atoms with Crippen molar-refractivity contribution in [3.8, 4) is 0 Å². The van der Waals surface area contributed by atoms with Gasteiger partial charge in [-0.3, -0.25) is 9.69 Å². The van der Waals surface area contributed by atoms with E-state index < -0.39 is 5.54 Å². The van der Waals surface area contributed by atoms with Gasteiger partial charge in [0.05, 0.1) is 0 Å². The number of imide groups is 1. The summed E-state index contributed by atoms with van der Waals surface area (Å²) in [6.45, 7) is 5.39. The van der Waals surface area contributed by atoms with Crippen LogP contribution >= 0.6 is 12.4 Å². The van der Waals surface area contributed by atoms with Crippen molar-refractivity contribution >= 4 is 35.7 Å². The number of carbonyl (C=O) groups is 2. The summed E-state index contributed by atoms with van der Waals surface area (Å²) in [7, 11) is 0. The molecule has 2 aliphatic heterocycles. The summed E-state index contributed by atoms with van der Waals surface area (Å²) in [4.78, 5) is 27.7. The summed E-state index contributed by atoms with van der Waals surface area (Å²) in [6, 6.07) is 5.62. The van der Waals surface area contributed by atoms with Gasteiger partial charge in [-0.25, -0.2) is 4.79 Å². The molecule has 0 aliphatic carbocycles. The van der Waals surface area contributed by atoms with E-state index in [1.807, 2.05) is 12.1 Å². The van der Waals surface area contributed by atoms with E-state index in [1.165, 1.54) is 10.5 Å². The molecule has 0 saturated carbocycles. The molecule has 7 heteroatoms. The highest BCUT2D eigenvalue weighted by Gasteiger charge is 2.44. The van der Waals surface area contributed by atoms with E-state index >= 15 is 0 Å². The van der Waals surface area contributed by atoms with Gasteiger partial charge in [0.2, 0.25) is 0 Å². The molecule has 1 saturated heterocycles. The first kappa shape index (κ1) is 17.4. The molecule has 0 unspecified atom stereocenters. The highest BCUT2D eigenvalue weighted by atomic mass is 35.5. The quantitative estimate of drug-likeness (QED) is 0.650. The number of halogens is 1. The highest BCUT2D eigenvalue weighted by Crippen LogP contribution is 2.31. The van der Waals surface area contributed by atoms with Crippen molar-refractivity contribution in [1.29, 1.82) is 0 Å². The molecule has 0 spiro atoms. The first-order valence-electron chi connectivity index (χ1n) is 7.66. The lowest BCUT2D eigenvalue weighted by atomic mass is 10.00. The molecule has 3 rings (SSSR count). The summed E-state index contributed by atoms with van der Waals surface area (Å²) in [5.74, 6) is -0.165. The number of hydrogen-bond acceptors (Lipinski definition) is 4. The van der Waals surface area contributed by atoms with E-state index in [-0.39, 0.29) is 24.3 Å². The lowest BCUT2D eigenvalue weighted by molar-refractivity contribution is -0.130. The number of nitrogens with zero attached hydrogens (tertiary/aromatic N) is 2.